The lowest BCUT2D eigenvalue weighted by molar-refractivity contribution is 0.602. The molecule has 0 saturated carbocycles. The monoisotopic (exact) mass is 299 g/mol. The topological polar surface area (TPSA) is 96.9 Å². The first kappa shape index (κ1) is 13.8. The predicted octanol–water partition coefficient (Wildman–Crippen LogP) is 0.843. The van der Waals surface area contributed by atoms with E-state index in [0.717, 1.165) is 11.4 Å². The average Bonchev–Trinajstić information content (AvgIpc) is 2.86. The molecule has 0 radical (unpaired) electrons. The molecule has 0 aliphatic carbocycles. The zero-order valence-electron chi connectivity index (χ0n) is 10.2. The van der Waals surface area contributed by atoms with Gasteiger partial charge in [-0.15, -0.1) is 16.4 Å². The first-order valence-electron chi connectivity index (χ1n) is 5.58. The maximum Gasteiger partial charge on any atom is 0.273 e. The van der Waals surface area contributed by atoms with Crippen LogP contribution in [0, 0.1) is 0 Å². The van der Waals surface area contributed by atoms with E-state index in [1.165, 1.54) is 23.7 Å². The predicted molar refractivity (Wildman–Crippen MR) is 72.3 cm³/mol. The number of rotatable bonds is 6. The van der Waals surface area contributed by atoms with Crippen molar-refractivity contribution < 1.29 is 8.42 Å². The molecule has 9 heteroatoms. The fraction of sp³-hybridized carbons (Fsp3) is 0.300. The molecule has 0 bridgehead atoms. The number of sulfonamides is 1. The van der Waals surface area contributed by atoms with E-state index in [1.807, 2.05) is 6.92 Å². The van der Waals surface area contributed by atoms with Crippen LogP contribution in [-0.4, -0.2) is 30.1 Å². The molecule has 0 amide bonds. The maximum absolute atomic E-state index is 12.1. The van der Waals surface area contributed by atoms with Gasteiger partial charge in [-0.25, -0.2) is 18.1 Å². The Balaban J connectivity index is 2.13. The van der Waals surface area contributed by atoms with Crippen LogP contribution in [-0.2, 0) is 16.6 Å². The highest BCUT2D eigenvalue weighted by Crippen LogP contribution is 2.22. The molecule has 0 saturated heterocycles. The average molecular weight is 299 g/mol. The quantitative estimate of drug-likeness (QED) is 0.820. The Kier molecular flexibility index (Phi) is 4.40. The fourth-order valence-electron chi connectivity index (χ4n) is 1.31. The molecule has 2 heterocycles. The van der Waals surface area contributed by atoms with Crippen LogP contribution in [0.15, 0.2) is 28.7 Å². The van der Waals surface area contributed by atoms with E-state index in [0.29, 0.717) is 6.54 Å². The van der Waals surface area contributed by atoms with Gasteiger partial charge in [0.1, 0.15) is 4.21 Å². The highest BCUT2D eigenvalue weighted by atomic mass is 32.2. The van der Waals surface area contributed by atoms with Crippen molar-refractivity contribution in [2.45, 2.75) is 17.7 Å². The Morgan fingerprint density at radius 3 is 2.84 bits per heavy atom. The minimum absolute atomic E-state index is 0.0378. The highest BCUT2D eigenvalue weighted by Gasteiger charge is 2.18. The van der Waals surface area contributed by atoms with E-state index in [9.17, 15) is 8.42 Å². The van der Waals surface area contributed by atoms with Crippen LogP contribution in [0.1, 0.15) is 11.8 Å². The molecule has 2 aromatic rings. The summed E-state index contributed by atoms with van der Waals surface area (Å²) in [7, 11) is -3.64. The molecule has 0 spiro atoms. The van der Waals surface area contributed by atoms with Gasteiger partial charge in [0.05, 0.1) is 12.4 Å². The second-order valence-electron chi connectivity index (χ2n) is 3.57. The number of anilines is 1. The minimum Gasteiger partial charge on any atom is -0.312 e. The number of thiophene rings is 1. The van der Waals surface area contributed by atoms with Gasteiger partial charge in [0.2, 0.25) is 0 Å². The molecule has 0 fully saturated rings. The molecule has 2 N–H and O–H groups in total. The Hall–Kier alpha value is -1.58. The molecular formula is C10H13N5O2S2. The summed E-state index contributed by atoms with van der Waals surface area (Å²) in [5.74, 6) is -0.0378. The van der Waals surface area contributed by atoms with Crippen LogP contribution in [0.3, 0.4) is 0 Å². The largest absolute Gasteiger partial charge is 0.312 e. The summed E-state index contributed by atoms with van der Waals surface area (Å²) >= 11 is 1.21. The maximum atomic E-state index is 12.1. The van der Waals surface area contributed by atoms with Gasteiger partial charge in [-0.1, -0.05) is 6.92 Å². The molecule has 2 aromatic heterocycles. The number of hydrogen-bond donors (Lipinski definition) is 2. The second kappa shape index (κ2) is 6.04. The summed E-state index contributed by atoms with van der Waals surface area (Å²) in [4.78, 5) is 4.73. The minimum atomic E-state index is -3.64. The van der Waals surface area contributed by atoms with Gasteiger partial charge in [0.25, 0.3) is 16.0 Å². The standard InChI is InChI=1S/C10H13N5O2S2/c1-2-11-7-8-3-4-9(18-8)19(16,17)15-10-12-5-6-13-14-10/h3-6,11H,2,7H2,1H3,(H,12,14,15). The zero-order valence-corrected chi connectivity index (χ0v) is 11.8. The van der Waals surface area contributed by atoms with Gasteiger partial charge >= 0.3 is 0 Å². The van der Waals surface area contributed by atoms with Crippen molar-refractivity contribution in [2.24, 2.45) is 0 Å². The number of hydrogen-bond acceptors (Lipinski definition) is 7. The van der Waals surface area contributed by atoms with Gasteiger partial charge in [-0.3, -0.25) is 0 Å². The van der Waals surface area contributed by atoms with E-state index in [2.05, 4.69) is 25.2 Å². The zero-order chi connectivity index (χ0) is 13.7. The van der Waals surface area contributed by atoms with Crippen molar-refractivity contribution >= 4 is 27.3 Å². The summed E-state index contributed by atoms with van der Waals surface area (Å²) in [5.41, 5.74) is 0. The van der Waals surface area contributed by atoms with Gasteiger partial charge in [-0.2, -0.15) is 5.10 Å². The fourth-order valence-corrected chi connectivity index (χ4v) is 3.58. The Morgan fingerprint density at radius 1 is 1.32 bits per heavy atom. The number of aromatic nitrogens is 3. The molecule has 102 valence electrons. The summed E-state index contributed by atoms with van der Waals surface area (Å²) in [6, 6.07) is 3.35. The Bertz CT molecular complexity index is 626. The summed E-state index contributed by atoms with van der Waals surface area (Å²) < 4.78 is 26.6. The summed E-state index contributed by atoms with van der Waals surface area (Å²) in [5, 5.41) is 10.3. The van der Waals surface area contributed by atoms with E-state index in [1.54, 1.807) is 12.1 Å². The first-order chi connectivity index (χ1) is 9.12. The lowest BCUT2D eigenvalue weighted by Crippen LogP contribution is -2.14. The molecule has 0 aliphatic heterocycles. The van der Waals surface area contributed by atoms with E-state index in [4.69, 9.17) is 0 Å². The molecule has 0 atom stereocenters. The van der Waals surface area contributed by atoms with Crippen LogP contribution in [0.25, 0.3) is 0 Å². The van der Waals surface area contributed by atoms with Gasteiger partial charge in [0.15, 0.2) is 0 Å². The van der Waals surface area contributed by atoms with Crippen molar-refractivity contribution in [1.29, 1.82) is 0 Å². The van der Waals surface area contributed by atoms with E-state index >= 15 is 0 Å². The normalized spacial score (nSPS) is 11.4. The van der Waals surface area contributed by atoms with Crippen molar-refractivity contribution in [2.75, 3.05) is 11.3 Å². The Labute approximate surface area is 115 Å². The molecule has 0 unspecified atom stereocenters. The van der Waals surface area contributed by atoms with Crippen LogP contribution >= 0.6 is 11.3 Å². The molecule has 2 rings (SSSR count). The Morgan fingerprint density at radius 2 is 2.16 bits per heavy atom. The molecule has 0 aromatic carbocycles. The van der Waals surface area contributed by atoms with Crippen LogP contribution in [0.2, 0.25) is 0 Å². The van der Waals surface area contributed by atoms with Crippen LogP contribution in [0.4, 0.5) is 5.95 Å². The van der Waals surface area contributed by atoms with Crippen molar-refractivity contribution in [3.8, 4) is 0 Å². The smallest absolute Gasteiger partial charge is 0.273 e. The summed E-state index contributed by atoms with van der Waals surface area (Å²) in [6.07, 6.45) is 2.74. The SMILES string of the molecule is CCNCc1ccc(S(=O)(=O)Nc2nccnn2)s1. The van der Waals surface area contributed by atoms with Gasteiger partial charge in [0, 0.05) is 11.4 Å². The van der Waals surface area contributed by atoms with E-state index in [-0.39, 0.29) is 10.2 Å². The second-order valence-corrected chi connectivity index (χ2v) is 6.65. The van der Waals surface area contributed by atoms with Crippen molar-refractivity contribution in [3.63, 3.8) is 0 Å². The van der Waals surface area contributed by atoms with Crippen molar-refractivity contribution in [1.82, 2.24) is 20.5 Å². The third kappa shape index (κ3) is 3.69. The number of nitrogens with zero attached hydrogens (tertiary/aromatic N) is 3. The summed E-state index contributed by atoms with van der Waals surface area (Å²) in [6.45, 7) is 3.48. The molecule has 19 heavy (non-hydrogen) atoms. The lowest BCUT2D eigenvalue weighted by Gasteiger charge is -2.02. The molecule has 7 nitrogen and oxygen atoms in total. The third-order valence-corrected chi connectivity index (χ3v) is 5.06. The lowest BCUT2D eigenvalue weighted by atomic mass is 10.4. The van der Waals surface area contributed by atoms with Crippen molar-refractivity contribution in [3.05, 3.63) is 29.4 Å². The van der Waals surface area contributed by atoms with Gasteiger partial charge < -0.3 is 5.32 Å². The van der Waals surface area contributed by atoms with E-state index < -0.39 is 10.0 Å². The van der Waals surface area contributed by atoms with Crippen LogP contribution < -0.4 is 10.0 Å². The number of nitrogens with one attached hydrogen (secondary N) is 2. The highest BCUT2D eigenvalue weighted by molar-refractivity contribution is 7.94. The first-order valence-corrected chi connectivity index (χ1v) is 7.87. The van der Waals surface area contributed by atoms with Gasteiger partial charge in [-0.05, 0) is 18.7 Å². The van der Waals surface area contributed by atoms with Crippen LogP contribution in [0.5, 0.6) is 0 Å². The third-order valence-electron chi connectivity index (χ3n) is 2.16. The molecular weight excluding hydrogens is 286 g/mol. The molecule has 0 aliphatic rings.